The van der Waals surface area contributed by atoms with E-state index >= 15 is 0 Å². The molecule has 2 bridgehead atoms. The van der Waals surface area contributed by atoms with Crippen molar-refractivity contribution < 1.29 is 14.6 Å². The van der Waals surface area contributed by atoms with Crippen LogP contribution in [-0.2, 0) is 19.5 Å². The Morgan fingerprint density at radius 3 is 2.52 bits per heavy atom. The van der Waals surface area contributed by atoms with Gasteiger partial charge < -0.3 is 9.84 Å². The molecule has 4 heteroatoms. The molecule has 0 saturated carbocycles. The number of hydrogen-bond donors (Lipinski definition) is 1. The van der Waals surface area contributed by atoms with Crippen LogP contribution in [0, 0.1) is 13.8 Å². The SMILES string of the molecule is Cc1cc(C)cc(CN2CCCCCOc3ccc(C(=O)O)cc3Cc3cccc(c3)C2)c1. The van der Waals surface area contributed by atoms with E-state index in [0.29, 0.717) is 18.6 Å². The van der Waals surface area contributed by atoms with Gasteiger partial charge in [-0.05, 0) is 80.1 Å². The van der Waals surface area contributed by atoms with Gasteiger partial charge in [0.25, 0.3) is 0 Å². The van der Waals surface area contributed by atoms with E-state index in [1.807, 2.05) is 0 Å². The molecule has 3 aromatic carbocycles. The minimum absolute atomic E-state index is 0.300. The highest BCUT2D eigenvalue weighted by Crippen LogP contribution is 2.25. The lowest BCUT2D eigenvalue weighted by Gasteiger charge is -2.24. The van der Waals surface area contributed by atoms with Crippen molar-refractivity contribution in [2.24, 2.45) is 0 Å². The third kappa shape index (κ3) is 6.45. The molecule has 1 heterocycles. The van der Waals surface area contributed by atoms with Gasteiger partial charge >= 0.3 is 5.97 Å². The zero-order chi connectivity index (χ0) is 23.2. The average Bonchev–Trinajstić information content (AvgIpc) is 2.75. The Balaban J connectivity index is 1.60. The second-order valence-corrected chi connectivity index (χ2v) is 9.24. The molecule has 0 radical (unpaired) electrons. The van der Waals surface area contributed by atoms with Crippen molar-refractivity contribution in [1.82, 2.24) is 4.90 Å². The number of carbonyl (C=O) groups is 1. The molecular weight excluding hydrogens is 410 g/mol. The van der Waals surface area contributed by atoms with Crippen LogP contribution in [0.3, 0.4) is 0 Å². The maximum atomic E-state index is 11.5. The van der Waals surface area contributed by atoms with Crippen LogP contribution in [0.5, 0.6) is 5.75 Å². The molecule has 0 amide bonds. The molecule has 0 fully saturated rings. The Bertz CT molecular complexity index is 1100. The van der Waals surface area contributed by atoms with Crippen molar-refractivity contribution in [2.45, 2.75) is 52.6 Å². The molecule has 4 nitrogen and oxygen atoms in total. The van der Waals surface area contributed by atoms with Crippen molar-refractivity contribution in [3.05, 3.63) is 99.6 Å². The number of fused-ring (bicyclic) bond motifs is 3. The maximum Gasteiger partial charge on any atom is 0.335 e. The van der Waals surface area contributed by atoms with Crippen molar-refractivity contribution in [2.75, 3.05) is 13.2 Å². The summed E-state index contributed by atoms with van der Waals surface area (Å²) in [7, 11) is 0. The molecule has 0 unspecified atom stereocenters. The first-order valence-corrected chi connectivity index (χ1v) is 11.8. The maximum absolute atomic E-state index is 11.5. The second kappa shape index (κ2) is 10.7. The van der Waals surface area contributed by atoms with Gasteiger partial charge in [0.2, 0.25) is 0 Å². The largest absolute Gasteiger partial charge is 0.493 e. The highest BCUT2D eigenvalue weighted by atomic mass is 16.5. The molecule has 4 rings (SSSR count). The molecule has 1 aliphatic heterocycles. The highest BCUT2D eigenvalue weighted by molar-refractivity contribution is 5.88. The van der Waals surface area contributed by atoms with Gasteiger partial charge in [0.05, 0.1) is 12.2 Å². The first-order valence-electron chi connectivity index (χ1n) is 11.8. The van der Waals surface area contributed by atoms with Crippen molar-refractivity contribution in [3.8, 4) is 5.75 Å². The number of aromatic carboxylic acids is 1. The predicted octanol–water partition coefficient (Wildman–Crippen LogP) is 6.16. The third-order valence-electron chi connectivity index (χ3n) is 6.16. The summed E-state index contributed by atoms with van der Waals surface area (Å²) < 4.78 is 6.08. The first kappa shape index (κ1) is 23.1. The summed E-state index contributed by atoms with van der Waals surface area (Å²) in [5, 5.41) is 9.44. The number of ether oxygens (including phenoxy) is 1. The standard InChI is InChI=1S/C29H33NO3/c1-21-13-22(2)15-25(14-21)20-30-11-4-3-5-12-33-28-10-9-26(29(31)32)18-27(28)17-23-7-6-8-24(16-23)19-30/h6-10,13-16,18H,3-5,11-12,17,19-20H2,1-2H3,(H,31,32). The number of nitrogens with zero attached hydrogens (tertiary/aromatic N) is 1. The predicted molar refractivity (Wildman–Crippen MR) is 132 cm³/mol. The summed E-state index contributed by atoms with van der Waals surface area (Å²) in [6.07, 6.45) is 3.87. The lowest BCUT2D eigenvalue weighted by Crippen LogP contribution is -2.24. The molecule has 0 saturated heterocycles. The van der Waals surface area contributed by atoms with Gasteiger partial charge in [-0.3, -0.25) is 4.90 Å². The quantitative estimate of drug-likeness (QED) is 0.527. The Morgan fingerprint density at radius 1 is 0.939 bits per heavy atom. The van der Waals surface area contributed by atoms with E-state index in [1.165, 1.54) is 27.8 Å². The van der Waals surface area contributed by atoms with E-state index in [9.17, 15) is 9.90 Å². The van der Waals surface area contributed by atoms with E-state index < -0.39 is 5.97 Å². The minimum atomic E-state index is -0.909. The average molecular weight is 444 g/mol. The molecule has 172 valence electrons. The number of aryl methyl sites for hydroxylation is 2. The van der Waals surface area contributed by atoms with Crippen molar-refractivity contribution >= 4 is 5.97 Å². The topological polar surface area (TPSA) is 49.8 Å². The highest BCUT2D eigenvalue weighted by Gasteiger charge is 2.13. The number of hydrogen-bond acceptors (Lipinski definition) is 3. The fourth-order valence-corrected chi connectivity index (χ4v) is 4.74. The molecule has 1 aliphatic rings. The molecule has 3 aromatic rings. The Kier molecular flexibility index (Phi) is 7.46. The van der Waals surface area contributed by atoms with Gasteiger partial charge in [0, 0.05) is 19.5 Å². The molecule has 1 N–H and O–H groups in total. The Hall–Kier alpha value is -3.11. The van der Waals surface area contributed by atoms with E-state index in [2.05, 4.69) is 61.2 Å². The smallest absolute Gasteiger partial charge is 0.335 e. The summed E-state index contributed by atoms with van der Waals surface area (Å²) in [5.41, 5.74) is 7.67. The summed E-state index contributed by atoms with van der Waals surface area (Å²) in [6.45, 7) is 7.87. The summed E-state index contributed by atoms with van der Waals surface area (Å²) in [5.74, 6) is -0.119. The number of carboxylic acid groups (broad SMARTS) is 1. The lowest BCUT2D eigenvalue weighted by molar-refractivity contribution is 0.0696. The summed E-state index contributed by atoms with van der Waals surface area (Å²) in [6, 6.07) is 20.6. The van der Waals surface area contributed by atoms with Crippen LogP contribution in [0.25, 0.3) is 0 Å². The van der Waals surface area contributed by atoms with Gasteiger partial charge in [0.1, 0.15) is 5.75 Å². The van der Waals surface area contributed by atoms with Crippen LogP contribution in [-0.4, -0.2) is 29.1 Å². The van der Waals surface area contributed by atoms with Gasteiger partial charge in [-0.1, -0.05) is 53.6 Å². The van der Waals surface area contributed by atoms with Crippen LogP contribution in [0.1, 0.15) is 63.0 Å². The second-order valence-electron chi connectivity index (χ2n) is 9.24. The molecular formula is C29H33NO3. The van der Waals surface area contributed by atoms with Crippen LogP contribution in [0.15, 0.2) is 60.7 Å². The van der Waals surface area contributed by atoms with Gasteiger partial charge in [0.15, 0.2) is 0 Å². The zero-order valence-electron chi connectivity index (χ0n) is 19.6. The van der Waals surface area contributed by atoms with Crippen LogP contribution in [0.2, 0.25) is 0 Å². The zero-order valence-corrected chi connectivity index (χ0v) is 19.6. The molecule has 0 aromatic heterocycles. The van der Waals surface area contributed by atoms with Crippen LogP contribution in [0.4, 0.5) is 0 Å². The lowest BCUT2D eigenvalue weighted by atomic mass is 9.99. The molecule has 33 heavy (non-hydrogen) atoms. The normalized spacial score (nSPS) is 15.2. The van der Waals surface area contributed by atoms with Gasteiger partial charge in [-0.25, -0.2) is 4.79 Å². The van der Waals surface area contributed by atoms with Crippen LogP contribution < -0.4 is 4.74 Å². The summed E-state index contributed by atoms with van der Waals surface area (Å²) >= 11 is 0. The monoisotopic (exact) mass is 443 g/mol. The van der Waals surface area contributed by atoms with E-state index in [4.69, 9.17) is 4.74 Å². The van der Waals surface area contributed by atoms with Gasteiger partial charge in [-0.15, -0.1) is 0 Å². The van der Waals surface area contributed by atoms with Crippen molar-refractivity contribution in [1.29, 1.82) is 0 Å². The Morgan fingerprint density at radius 2 is 1.73 bits per heavy atom. The Labute approximate surface area is 196 Å². The van der Waals surface area contributed by atoms with E-state index in [0.717, 1.165) is 50.2 Å². The molecule has 0 atom stereocenters. The van der Waals surface area contributed by atoms with E-state index in [-0.39, 0.29) is 0 Å². The molecule has 0 aliphatic carbocycles. The first-order chi connectivity index (χ1) is 16.0. The summed E-state index contributed by atoms with van der Waals surface area (Å²) in [4.78, 5) is 14.0. The van der Waals surface area contributed by atoms with E-state index in [1.54, 1.807) is 18.2 Å². The number of rotatable bonds is 3. The number of carboxylic acids is 1. The fraction of sp³-hybridized carbons (Fsp3) is 0.345. The van der Waals surface area contributed by atoms with Crippen LogP contribution >= 0.6 is 0 Å². The minimum Gasteiger partial charge on any atom is -0.493 e. The number of benzene rings is 3. The third-order valence-corrected chi connectivity index (χ3v) is 6.16. The fourth-order valence-electron chi connectivity index (χ4n) is 4.74. The van der Waals surface area contributed by atoms with Crippen molar-refractivity contribution in [3.63, 3.8) is 0 Å². The van der Waals surface area contributed by atoms with Gasteiger partial charge in [-0.2, -0.15) is 0 Å². The molecule has 0 spiro atoms.